The van der Waals surface area contributed by atoms with E-state index in [0.29, 0.717) is 12.2 Å². The summed E-state index contributed by atoms with van der Waals surface area (Å²) in [5.74, 6) is -1.03. The minimum atomic E-state index is -1.03. The Labute approximate surface area is 110 Å². The van der Waals surface area contributed by atoms with Crippen LogP contribution in [-0.2, 0) is 6.54 Å². The molecule has 0 fully saturated rings. The molecule has 0 aliphatic heterocycles. The fourth-order valence-corrected chi connectivity index (χ4v) is 2.77. The van der Waals surface area contributed by atoms with Gasteiger partial charge in [-0.25, -0.2) is 9.78 Å². The van der Waals surface area contributed by atoms with E-state index < -0.39 is 5.97 Å². The number of hydrogen-bond acceptors (Lipinski definition) is 4. The van der Waals surface area contributed by atoms with E-state index in [1.54, 1.807) is 23.5 Å². The Kier molecular flexibility index (Phi) is 3.75. The van der Waals surface area contributed by atoms with Crippen LogP contribution in [0, 0.1) is 0 Å². The molecule has 0 saturated heterocycles. The first-order valence-corrected chi connectivity index (χ1v) is 6.44. The molecule has 2 heterocycles. The van der Waals surface area contributed by atoms with Gasteiger partial charge in [-0.05, 0) is 40.2 Å². The molecule has 2 rings (SSSR count). The number of thiophene rings is 1. The molecule has 2 aromatic rings. The molecule has 0 unspecified atom stereocenters. The highest BCUT2D eigenvalue weighted by Gasteiger charge is 2.10. The molecule has 0 saturated carbocycles. The molecule has 6 heteroatoms. The van der Waals surface area contributed by atoms with Crippen LogP contribution in [0.1, 0.15) is 15.4 Å². The molecule has 4 nitrogen and oxygen atoms in total. The summed E-state index contributed by atoms with van der Waals surface area (Å²) in [5, 5.41) is 12.0. The standard InChI is InChI=1S/C11H9BrN2O2S/c12-9-4-3-7(17-9)6-14-8-2-1-5-13-10(8)11(15)16/h1-5,14H,6H2,(H,15,16). The zero-order valence-corrected chi connectivity index (χ0v) is 11.1. The molecule has 2 aromatic heterocycles. The predicted molar refractivity (Wildman–Crippen MR) is 70.5 cm³/mol. The van der Waals surface area contributed by atoms with Gasteiger partial charge in [0.15, 0.2) is 5.69 Å². The number of nitrogens with zero attached hydrogens (tertiary/aromatic N) is 1. The number of nitrogens with one attached hydrogen (secondary N) is 1. The highest BCUT2D eigenvalue weighted by Crippen LogP contribution is 2.23. The van der Waals surface area contributed by atoms with Crippen LogP contribution in [0.15, 0.2) is 34.2 Å². The Hall–Kier alpha value is -1.40. The second-order valence-electron chi connectivity index (χ2n) is 3.26. The molecule has 0 radical (unpaired) electrons. The molecule has 0 bridgehead atoms. The Balaban J connectivity index is 2.11. The smallest absolute Gasteiger partial charge is 0.356 e. The molecule has 17 heavy (non-hydrogen) atoms. The third-order valence-corrected chi connectivity index (χ3v) is 3.72. The van der Waals surface area contributed by atoms with Gasteiger partial charge in [-0.1, -0.05) is 0 Å². The van der Waals surface area contributed by atoms with Crippen molar-refractivity contribution in [1.29, 1.82) is 0 Å². The quantitative estimate of drug-likeness (QED) is 0.910. The minimum absolute atomic E-state index is 0.0446. The number of carboxylic acid groups (broad SMARTS) is 1. The molecule has 0 aromatic carbocycles. The fourth-order valence-electron chi connectivity index (χ4n) is 1.35. The van der Waals surface area contributed by atoms with E-state index in [0.717, 1.165) is 8.66 Å². The van der Waals surface area contributed by atoms with E-state index in [2.05, 4.69) is 26.2 Å². The zero-order valence-electron chi connectivity index (χ0n) is 8.68. The summed E-state index contributed by atoms with van der Waals surface area (Å²) in [7, 11) is 0. The summed E-state index contributed by atoms with van der Waals surface area (Å²) in [6.07, 6.45) is 1.47. The summed E-state index contributed by atoms with van der Waals surface area (Å²) in [6, 6.07) is 7.36. The molecule has 0 amide bonds. The van der Waals surface area contributed by atoms with Crippen molar-refractivity contribution in [2.75, 3.05) is 5.32 Å². The maximum atomic E-state index is 10.9. The summed E-state index contributed by atoms with van der Waals surface area (Å²) in [4.78, 5) is 15.9. The molecule has 2 N–H and O–H groups in total. The third kappa shape index (κ3) is 3.04. The summed E-state index contributed by atoms with van der Waals surface area (Å²) in [6.45, 7) is 0.586. The van der Waals surface area contributed by atoms with Gasteiger partial charge in [-0.3, -0.25) is 0 Å². The maximum absolute atomic E-state index is 10.9. The maximum Gasteiger partial charge on any atom is 0.356 e. The fraction of sp³-hybridized carbons (Fsp3) is 0.0909. The number of carboxylic acids is 1. The number of aromatic carboxylic acids is 1. The topological polar surface area (TPSA) is 62.2 Å². The van der Waals surface area contributed by atoms with Crippen LogP contribution in [-0.4, -0.2) is 16.1 Å². The molecular weight excluding hydrogens is 304 g/mol. The number of aromatic nitrogens is 1. The van der Waals surface area contributed by atoms with Crippen LogP contribution in [0.2, 0.25) is 0 Å². The van der Waals surface area contributed by atoms with Gasteiger partial charge in [0.2, 0.25) is 0 Å². The highest BCUT2D eigenvalue weighted by molar-refractivity contribution is 9.11. The average Bonchev–Trinajstić information content (AvgIpc) is 2.73. The van der Waals surface area contributed by atoms with E-state index >= 15 is 0 Å². The summed E-state index contributed by atoms with van der Waals surface area (Å²) in [5.41, 5.74) is 0.577. The largest absolute Gasteiger partial charge is 0.476 e. The number of pyridine rings is 1. The van der Waals surface area contributed by atoms with Crippen LogP contribution in [0.4, 0.5) is 5.69 Å². The van der Waals surface area contributed by atoms with Crippen molar-refractivity contribution in [2.24, 2.45) is 0 Å². The van der Waals surface area contributed by atoms with Gasteiger partial charge >= 0.3 is 5.97 Å². The lowest BCUT2D eigenvalue weighted by atomic mass is 10.3. The van der Waals surface area contributed by atoms with Gasteiger partial charge in [0, 0.05) is 17.6 Å². The van der Waals surface area contributed by atoms with Gasteiger partial charge in [0.05, 0.1) is 9.47 Å². The van der Waals surface area contributed by atoms with Crippen LogP contribution < -0.4 is 5.32 Å². The van der Waals surface area contributed by atoms with E-state index in [9.17, 15) is 4.79 Å². The monoisotopic (exact) mass is 312 g/mol. The van der Waals surface area contributed by atoms with Crippen molar-refractivity contribution in [3.05, 3.63) is 44.8 Å². The predicted octanol–water partition coefficient (Wildman–Crippen LogP) is 3.22. The van der Waals surface area contributed by atoms with Gasteiger partial charge in [0.25, 0.3) is 0 Å². The molecule has 0 aliphatic rings. The summed E-state index contributed by atoms with van der Waals surface area (Å²) < 4.78 is 1.05. The Morgan fingerprint density at radius 2 is 2.29 bits per heavy atom. The normalized spacial score (nSPS) is 10.2. The number of hydrogen-bond donors (Lipinski definition) is 2. The van der Waals surface area contributed by atoms with E-state index in [1.165, 1.54) is 6.20 Å². The number of carbonyl (C=O) groups is 1. The van der Waals surface area contributed by atoms with Crippen LogP contribution in [0.25, 0.3) is 0 Å². The molecular formula is C11H9BrN2O2S. The van der Waals surface area contributed by atoms with Crippen molar-refractivity contribution in [3.8, 4) is 0 Å². The van der Waals surface area contributed by atoms with Crippen molar-refractivity contribution in [3.63, 3.8) is 0 Å². The minimum Gasteiger partial charge on any atom is -0.476 e. The van der Waals surface area contributed by atoms with Gasteiger partial charge in [-0.2, -0.15) is 0 Å². The Morgan fingerprint density at radius 1 is 1.47 bits per heavy atom. The Bertz CT molecular complexity index is 542. The number of rotatable bonds is 4. The van der Waals surface area contributed by atoms with Gasteiger partial charge < -0.3 is 10.4 Å². The Morgan fingerprint density at radius 3 is 2.94 bits per heavy atom. The first-order valence-electron chi connectivity index (χ1n) is 4.83. The highest BCUT2D eigenvalue weighted by atomic mass is 79.9. The second-order valence-corrected chi connectivity index (χ2v) is 5.81. The van der Waals surface area contributed by atoms with Crippen molar-refractivity contribution >= 4 is 38.9 Å². The second kappa shape index (κ2) is 5.29. The number of halogens is 1. The van der Waals surface area contributed by atoms with Gasteiger partial charge in [-0.15, -0.1) is 11.3 Å². The van der Waals surface area contributed by atoms with Crippen LogP contribution >= 0.6 is 27.3 Å². The molecule has 88 valence electrons. The molecule has 0 spiro atoms. The third-order valence-electron chi connectivity index (χ3n) is 2.09. The first kappa shape index (κ1) is 12.1. The SMILES string of the molecule is O=C(O)c1ncccc1NCc1ccc(Br)s1. The van der Waals surface area contributed by atoms with E-state index in [-0.39, 0.29) is 5.69 Å². The van der Waals surface area contributed by atoms with E-state index in [1.807, 2.05) is 12.1 Å². The lowest BCUT2D eigenvalue weighted by molar-refractivity contribution is 0.0691. The first-order chi connectivity index (χ1) is 8.16. The average molecular weight is 313 g/mol. The lowest BCUT2D eigenvalue weighted by Gasteiger charge is -2.06. The van der Waals surface area contributed by atoms with Crippen molar-refractivity contribution < 1.29 is 9.90 Å². The van der Waals surface area contributed by atoms with Gasteiger partial charge in [0.1, 0.15) is 0 Å². The molecule has 0 aliphatic carbocycles. The lowest BCUT2D eigenvalue weighted by Crippen LogP contribution is -2.07. The van der Waals surface area contributed by atoms with Crippen LogP contribution in [0.5, 0.6) is 0 Å². The number of anilines is 1. The summed E-state index contributed by atoms with van der Waals surface area (Å²) >= 11 is 4.99. The zero-order chi connectivity index (χ0) is 12.3. The van der Waals surface area contributed by atoms with E-state index in [4.69, 9.17) is 5.11 Å². The van der Waals surface area contributed by atoms with Crippen molar-refractivity contribution in [1.82, 2.24) is 4.98 Å². The van der Waals surface area contributed by atoms with Crippen LogP contribution in [0.3, 0.4) is 0 Å². The van der Waals surface area contributed by atoms with Crippen molar-refractivity contribution in [2.45, 2.75) is 6.54 Å². The molecule has 0 atom stereocenters.